The van der Waals surface area contributed by atoms with Gasteiger partial charge in [-0.15, -0.1) is 0 Å². The van der Waals surface area contributed by atoms with E-state index in [-0.39, 0.29) is 11.7 Å². The number of benzene rings is 1. The smallest absolute Gasteiger partial charge is 0.129 e. The predicted molar refractivity (Wildman–Crippen MR) is 134 cm³/mol. The molecule has 0 bridgehead atoms. The van der Waals surface area contributed by atoms with Crippen LogP contribution in [0.3, 0.4) is 0 Å². The van der Waals surface area contributed by atoms with E-state index in [0.717, 1.165) is 39.3 Å². The molecule has 6 heteroatoms. The molecule has 0 saturated carbocycles. The van der Waals surface area contributed by atoms with Gasteiger partial charge in [0.25, 0.3) is 0 Å². The Hall–Kier alpha value is -2.62. The van der Waals surface area contributed by atoms with Gasteiger partial charge in [-0.1, -0.05) is 19.6 Å². The third-order valence-electron chi connectivity index (χ3n) is 5.94. The predicted octanol–water partition coefficient (Wildman–Crippen LogP) is 6.13. The van der Waals surface area contributed by atoms with Gasteiger partial charge in [0.15, 0.2) is 0 Å². The molecule has 0 saturated heterocycles. The van der Waals surface area contributed by atoms with Crippen molar-refractivity contribution in [2.24, 2.45) is 0 Å². The highest BCUT2D eigenvalue weighted by atomic mass is 32.3. The van der Waals surface area contributed by atoms with Gasteiger partial charge >= 0.3 is 0 Å². The summed E-state index contributed by atoms with van der Waals surface area (Å²) >= 11 is 0. The van der Waals surface area contributed by atoms with E-state index in [2.05, 4.69) is 36.4 Å². The minimum atomic E-state index is -0.649. The minimum absolute atomic E-state index is 0.287. The quantitative estimate of drug-likeness (QED) is 0.386. The lowest BCUT2D eigenvalue weighted by Crippen LogP contribution is -2.11. The molecule has 0 spiro atoms. The Morgan fingerprint density at radius 3 is 2.66 bits per heavy atom. The minimum Gasteiger partial charge on any atom is -0.360 e. The van der Waals surface area contributed by atoms with Crippen molar-refractivity contribution >= 4 is 27.0 Å². The molecule has 0 radical (unpaired) electrons. The number of fused-ring (bicyclic) bond motifs is 1. The molecule has 0 N–H and O–H groups in total. The SMILES string of the molecule is C=Cc1cccc(C(C)c2c(F)cc(C#N)c3c2c(C)c(C)n3COCCS(C)(C)C)n1. The average Bonchev–Trinajstić information content (AvgIpc) is 3.00. The van der Waals surface area contributed by atoms with Crippen LogP contribution < -0.4 is 0 Å². The highest BCUT2D eigenvalue weighted by Crippen LogP contribution is 2.38. The van der Waals surface area contributed by atoms with Crippen molar-refractivity contribution in [3.05, 3.63) is 70.4 Å². The normalized spacial score (nSPS) is 13.2. The molecule has 1 aromatic carbocycles. The topological polar surface area (TPSA) is 50.8 Å². The largest absolute Gasteiger partial charge is 0.360 e. The number of rotatable bonds is 8. The van der Waals surface area contributed by atoms with Crippen molar-refractivity contribution in [3.63, 3.8) is 0 Å². The third kappa shape index (κ3) is 4.74. The van der Waals surface area contributed by atoms with Crippen molar-refractivity contribution in [2.75, 3.05) is 31.1 Å². The summed E-state index contributed by atoms with van der Waals surface area (Å²) in [6, 6.07) is 9.22. The van der Waals surface area contributed by atoms with E-state index in [1.807, 2.05) is 43.5 Å². The van der Waals surface area contributed by atoms with Crippen LogP contribution in [-0.4, -0.2) is 40.7 Å². The highest BCUT2D eigenvalue weighted by Gasteiger charge is 2.25. The second-order valence-electron chi connectivity index (χ2n) is 9.04. The number of aryl methyl sites for hydroxylation is 1. The van der Waals surface area contributed by atoms with E-state index in [1.54, 1.807) is 6.08 Å². The maximum absolute atomic E-state index is 15.4. The van der Waals surface area contributed by atoms with Gasteiger partial charge in [-0.3, -0.25) is 4.98 Å². The Bertz CT molecular complexity index is 1200. The van der Waals surface area contributed by atoms with Gasteiger partial charge in [-0.25, -0.2) is 14.4 Å². The molecule has 2 heterocycles. The van der Waals surface area contributed by atoms with Crippen LogP contribution in [0.25, 0.3) is 17.0 Å². The number of halogens is 1. The molecule has 0 aliphatic carbocycles. The fourth-order valence-electron chi connectivity index (χ4n) is 3.97. The van der Waals surface area contributed by atoms with Crippen molar-refractivity contribution in [1.29, 1.82) is 5.26 Å². The fourth-order valence-corrected chi connectivity index (χ4v) is 4.59. The maximum Gasteiger partial charge on any atom is 0.129 e. The summed E-state index contributed by atoms with van der Waals surface area (Å²) in [7, 11) is -0.649. The number of hydrogen-bond acceptors (Lipinski definition) is 3. The lowest BCUT2D eigenvalue weighted by Gasteiger charge is -2.24. The van der Waals surface area contributed by atoms with Gasteiger partial charge in [0.1, 0.15) is 18.6 Å². The second kappa shape index (κ2) is 9.48. The Labute approximate surface area is 192 Å². The van der Waals surface area contributed by atoms with Crippen LogP contribution in [0, 0.1) is 31.0 Å². The molecule has 0 aliphatic rings. The standard InChI is InChI=1S/C26H32FN3OS/c1-8-21-10-9-11-23(29-21)18(3)24-22(27)14-20(15-28)26-25(24)17(2)19(4)30(26)16-31-12-13-32(5,6)7/h8-11,14,18H,1,12-13,16H2,2-7H3. The Balaban J connectivity index is 2.14. The summed E-state index contributed by atoms with van der Waals surface area (Å²) in [5, 5.41) is 10.6. The molecule has 32 heavy (non-hydrogen) atoms. The summed E-state index contributed by atoms with van der Waals surface area (Å²) in [4.78, 5) is 4.62. The van der Waals surface area contributed by atoms with Crippen LogP contribution in [-0.2, 0) is 11.5 Å². The first-order chi connectivity index (χ1) is 15.1. The zero-order valence-corrected chi connectivity index (χ0v) is 20.6. The molecule has 170 valence electrons. The van der Waals surface area contributed by atoms with Crippen LogP contribution in [0.4, 0.5) is 4.39 Å². The highest BCUT2D eigenvalue weighted by molar-refractivity contribution is 8.32. The number of ether oxygens (including phenoxy) is 1. The number of aromatic nitrogens is 2. The van der Waals surface area contributed by atoms with Gasteiger partial charge in [-0.05, 0) is 62.5 Å². The zero-order chi connectivity index (χ0) is 23.6. The Kier molecular flexibility index (Phi) is 7.12. The molecule has 0 fully saturated rings. The first-order valence-corrected chi connectivity index (χ1v) is 13.7. The van der Waals surface area contributed by atoms with Crippen LogP contribution >= 0.6 is 10.0 Å². The third-order valence-corrected chi connectivity index (χ3v) is 7.33. The summed E-state index contributed by atoms with van der Waals surface area (Å²) < 4.78 is 23.4. The van der Waals surface area contributed by atoms with Crippen molar-refractivity contribution in [3.8, 4) is 6.07 Å². The summed E-state index contributed by atoms with van der Waals surface area (Å²) in [6.45, 7) is 10.7. The first-order valence-electron chi connectivity index (χ1n) is 10.6. The number of hydrogen-bond donors (Lipinski definition) is 0. The Morgan fingerprint density at radius 1 is 1.31 bits per heavy atom. The van der Waals surface area contributed by atoms with Crippen LogP contribution in [0.2, 0.25) is 0 Å². The van der Waals surface area contributed by atoms with E-state index in [9.17, 15) is 5.26 Å². The molecular weight excluding hydrogens is 421 g/mol. The molecule has 1 unspecified atom stereocenters. The van der Waals surface area contributed by atoms with Gasteiger partial charge in [0.2, 0.25) is 0 Å². The molecule has 1 atom stereocenters. The van der Waals surface area contributed by atoms with Crippen LogP contribution in [0.5, 0.6) is 0 Å². The van der Waals surface area contributed by atoms with Gasteiger partial charge in [0, 0.05) is 34.0 Å². The molecule has 3 aromatic rings. The summed E-state index contributed by atoms with van der Waals surface area (Å²) in [5.74, 6) is 0.340. The molecule has 4 nitrogen and oxygen atoms in total. The van der Waals surface area contributed by atoms with E-state index >= 15 is 4.39 Å². The lowest BCUT2D eigenvalue weighted by molar-refractivity contribution is 0.0914. The van der Waals surface area contributed by atoms with Crippen LogP contribution in [0.15, 0.2) is 30.8 Å². The molecule has 0 amide bonds. The lowest BCUT2D eigenvalue weighted by atomic mass is 9.90. The van der Waals surface area contributed by atoms with Crippen molar-refractivity contribution in [1.82, 2.24) is 9.55 Å². The van der Waals surface area contributed by atoms with Gasteiger partial charge in [0.05, 0.1) is 23.4 Å². The fraction of sp³-hybridized carbons (Fsp3) is 0.385. The van der Waals surface area contributed by atoms with Crippen molar-refractivity contribution in [2.45, 2.75) is 33.4 Å². The molecular formula is C26H32FN3OS. The monoisotopic (exact) mass is 453 g/mol. The van der Waals surface area contributed by atoms with E-state index in [0.29, 0.717) is 24.5 Å². The molecule has 2 aromatic heterocycles. The first kappa shape index (κ1) is 24.0. The second-order valence-corrected chi connectivity index (χ2v) is 13.6. The Morgan fingerprint density at radius 2 is 2.03 bits per heavy atom. The van der Waals surface area contributed by atoms with E-state index in [4.69, 9.17) is 4.74 Å². The van der Waals surface area contributed by atoms with Crippen molar-refractivity contribution < 1.29 is 9.13 Å². The maximum atomic E-state index is 15.4. The van der Waals surface area contributed by atoms with Gasteiger partial charge < -0.3 is 9.30 Å². The van der Waals surface area contributed by atoms with Gasteiger partial charge in [-0.2, -0.15) is 5.26 Å². The van der Waals surface area contributed by atoms with E-state index in [1.165, 1.54) is 6.07 Å². The molecule has 0 aliphatic heterocycles. The summed E-state index contributed by atoms with van der Waals surface area (Å²) in [6.07, 6.45) is 8.47. The zero-order valence-electron chi connectivity index (χ0n) is 19.8. The van der Waals surface area contributed by atoms with E-state index < -0.39 is 10.0 Å². The van der Waals surface area contributed by atoms with Crippen LogP contribution in [0.1, 0.15) is 46.6 Å². The average molecular weight is 454 g/mol. The number of pyridine rings is 1. The molecule has 3 rings (SSSR count). The number of nitrogens with zero attached hydrogens (tertiary/aromatic N) is 3. The number of nitriles is 1. The summed E-state index contributed by atoms with van der Waals surface area (Å²) in [5.41, 5.74) is 5.07.